The minimum Gasteiger partial charge on any atom is -0.313 e. The van der Waals surface area contributed by atoms with Crippen LogP contribution in [0.5, 0.6) is 0 Å². The fraction of sp³-hybridized carbons (Fsp3) is 0.538. The van der Waals surface area contributed by atoms with Crippen LogP contribution in [0.3, 0.4) is 0 Å². The van der Waals surface area contributed by atoms with Crippen molar-refractivity contribution in [3.05, 3.63) is 29.8 Å². The number of alkyl halides is 3. The van der Waals surface area contributed by atoms with Gasteiger partial charge < -0.3 is 5.32 Å². The number of benzene rings is 1. The van der Waals surface area contributed by atoms with Gasteiger partial charge in [0.2, 0.25) is 10.0 Å². The number of hydrogen-bond donors (Lipinski definition) is 2. The average molecular weight is 322 g/mol. The van der Waals surface area contributed by atoms with E-state index in [1.807, 2.05) is 6.92 Å². The van der Waals surface area contributed by atoms with Crippen LogP contribution >= 0.6 is 0 Å². The van der Waals surface area contributed by atoms with Crippen LogP contribution in [0.15, 0.2) is 29.2 Å². The van der Waals surface area contributed by atoms with E-state index in [4.69, 9.17) is 0 Å². The van der Waals surface area contributed by atoms with E-state index in [-0.39, 0.29) is 17.0 Å². The highest BCUT2D eigenvalue weighted by molar-refractivity contribution is 7.89. The lowest BCUT2D eigenvalue weighted by Crippen LogP contribution is -2.51. The van der Waals surface area contributed by atoms with Gasteiger partial charge in [0.05, 0.1) is 10.5 Å². The van der Waals surface area contributed by atoms with Crippen LogP contribution in [0.4, 0.5) is 13.2 Å². The van der Waals surface area contributed by atoms with E-state index in [1.54, 1.807) is 0 Å². The first-order valence-corrected chi connectivity index (χ1v) is 8.11. The molecule has 0 bridgehead atoms. The number of halogens is 3. The molecule has 0 saturated carbocycles. The van der Waals surface area contributed by atoms with Gasteiger partial charge in [-0.05, 0) is 50.6 Å². The summed E-state index contributed by atoms with van der Waals surface area (Å²) in [6.07, 6.45) is -2.92. The first-order chi connectivity index (χ1) is 9.70. The molecule has 21 heavy (non-hydrogen) atoms. The summed E-state index contributed by atoms with van der Waals surface area (Å²) in [6, 6.07) is 3.24. The summed E-state index contributed by atoms with van der Waals surface area (Å²) < 4.78 is 64.3. The Morgan fingerprint density at radius 3 is 2.38 bits per heavy atom. The minimum absolute atomic E-state index is 0.0111. The third-order valence-electron chi connectivity index (χ3n) is 3.56. The Hall–Kier alpha value is -1.12. The molecule has 2 rings (SSSR count). The summed E-state index contributed by atoms with van der Waals surface area (Å²) in [7, 11) is -3.81. The van der Waals surface area contributed by atoms with Gasteiger partial charge in [-0.2, -0.15) is 13.2 Å². The van der Waals surface area contributed by atoms with Gasteiger partial charge in [-0.3, -0.25) is 0 Å². The van der Waals surface area contributed by atoms with Crippen molar-refractivity contribution in [2.75, 3.05) is 6.54 Å². The zero-order chi connectivity index (χ0) is 15.7. The Kier molecular flexibility index (Phi) is 4.60. The summed E-state index contributed by atoms with van der Waals surface area (Å²) in [4.78, 5) is -0.159. The van der Waals surface area contributed by atoms with Gasteiger partial charge in [0.1, 0.15) is 0 Å². The minimum atomic E-state index is -4.47. The summed E-state index contributed by atoms with van der Waals surface area (Å²) in [6.45, 7) is 2.71. The van der Waals surface area contributed by atoms with Crippen molar-refractivity contribution >= 4 is 10.0 Å². The molecule has 0 aromatic heterocycles. The third-order valence-corrected chi connectivity index (χ3v) is 5.07. The zero-order valence-corrected chi connectivity index (χ0v) is 12.3. The molecule has 0 aliphatic carbocycles. The molecule has 1 fully saturated rings. The molecule has 1 saturated heterocycles. The van der Waals surface area contributed by atoms with Crippen molar-refractivity contribution in [1.82, 2.24) is 10.0 Å². The number of hydrogen-bond acceptors (Lipinski definition) is 3. The van der Waals surface area contributed by atoms with Gasteiger partial charge in [0.25, 0.3) is 0 Å². The fourth-order valence-corrected chi connectivity index (χ4v) is 3.65. The molecule has 0 amide bonds. The normalized spacial score (nSPS) is 24.0. The maximum absolute atomic E-state index is 12.5. The molecule has 0 spiro atoms. The maximum atomic E-state index is 12.5. The molecule has 0 radical (unpaired) electrons. The van der Waals surface area contributed by atoms with Crippen LogP contribution < -0.4 is 10.0 Å². The number of nitrogens with one attached hydrogen (secondary N) is 2. The smallest absolute Gasteiger partial charge is 0.313 e. The molecule has 1 aromatic rings. The molecular weight excluding hydrogens is 305 g/mol. The zero-order valence-electron chi connectivity index (χ0n) is 11.4. The summed E-state index contributed by atoms with van der Waals surface area (Å²) in [5.74, 6) is 0. The molecule has 2 unspecified atom stereocenters. The maximum Gasteiger partial charge on any atom is 0.416 e. The second-order valence-corrected chi connectivity index (χ2v) is 6.85. The molecule has 1 aromatic carbocycles. The summed E-state index contributed by atoms with van der Waals surface area (Å²) in [5.41, 5.74) is -0.867. The van der Waals surface area contributed by atoms with Crippen LogP contribution in [0, 0.1) is 0 Å². The van der Waals surface area contributed by atoms with Crippen LogP contribution in [0.1, 0.15) is 25.3 Å². The lowest BCUT2D eigenvalue weighted by atomic mass is 10.0. The lowest BCUT2D eigenvalue weighted by molar-refractivity contribution is -0.137. The van der Waals surface area contributed by atoms with Gasteiger partial charge in [0.15, 0.2) is 0 Å². The predicted molar refractivity (Wildman–Crippen MR) is 72.3 cm³/mol. The molecule has 1 heterocycles. The Morgan fingerprint density at radius 1 is 1.24 bits per heavy atom. The summed E-state index contributed by atoms with van der Waals surface area (Å²) in [5, 5.41) is 3.16. The van der Waals surface area contributed by atoms with Gasteiger partial charge in [-0.25, -0.2) is 13.1 Å². The third kappa shape index (κ3) is 3.96. The number of piperidine rings is 1. The largest absolute Gasteiger partial charge is 0.416 e. The van der Waals surface area contributed by atoms with E-state index in [1.165, 1.54) is 0 Å². The molecular formula is C13H17F3N2O2S. The highest BCUT2D eigenvalue weighted by Crippen LogP contribution is 2.29. The van der Waals surface area contributed by atoms with Gasteiger partial charge >= 0.3 is 6.18 Å². The Bertz CT molecular complexity index is 584. The van der Waals surface area contributed by atoms with Crippen molar-refractivity contribution in [3.63, 3.8) is 0 Å². The predicted octanol–water partition coefficient (Wildman–Crippen LogP) is 2.12. The quantitative estimate of drug-likeness (QED) is 0.896. The van der Waals surface area contributed by atoms with E-state index in [9.17, 15) is 21.6 Å². The SMILES string of the molecule is CC1NCCCC1NS(=O)(=O)c1ccc(C(F)(F)F)cc1. The van der Waals surface area contributed by atoms with Gasteiger partial charge in [0, 0.05) is 12.1 Å². The lowest BCUT2D eigenvalue weighted by Gasteiger charge is -2.30. The molecule has 2 atom stereocenters. The van der Waals surface area contributed by atoms with E-state index in [0.717, 1.165) is 37.2 Å². The van der Waals surface area contributed by atoms with Crippen LogP contribution in [0.2, 0.25) is 0 Å². The standard InChI is InChI=1S/C13H17F3N2O2S/c1-9-12(3-2-8-17-9)18-21(19,20)11-6-4-10(5-7-11)13(14,15)16/h4-7,9,12,17-18H,2-3,8H2,1H3. The second-order valence-electron chi connectivity index (χ2n) is 5.13. The van der Waals surface area contributed by atoms with Crippen molar-refractivity contribution in [2.45, 2.75) is 42.9 Å². The molecule has 118 valence electrons. The topological polar surface area (TPSA) is 58.2 Å². The second kappa shape index (κ2) is 5.94. The Balaban J connectivity index is 2.16. The van der Waals surface area contributed by atoms with Gasteiger partial charge in [-0.15, -0.1) is 0 Å². The van der Waals surface area contributed by atoms with E-state index >= 15 is 0 Å². The average Bonchev–Trinajstić information content (AvgIpc) is 2.40. The molecule has 1 aliphatic heterocycles. The first-order valence-electron chi connectivity index (χ1n) is 6.63. The van der Waals surface area contributed by atoms with Crippen molar-refractivity contribution in [1.29, 1.82) is 0 Å². The van der Waals surface area contributed by atoms with Gasteiger partial charge in [-0.1, -0.05) is 0 Å². The fourth-order valence-electron chi connectivity index (χ4n) is 2.30. The number of sulfonamides is 1. The monoisotopic (exact) mass is 322 g/mol. The highest BCUT2D eigenvalue weighted by atomic mass is 32.2. The van der Waals surface area contributed by atoms with Crippen LogP contribution in [0.25, 0.3) is 0 Å². The Labute approximate surface area is 121 Å². The molecule has 4 nitrogen and oxygen atoms in total. The first kappa shape index (κ1) is 16.3. The highest BCUT2D eigenvalue weighted by Gasteiger charge is 2.31. The van der Waals surface area contributed by atoms with Crippen molar-refractivity contribution < 1.29 is 21.6 Å². The number of rotatable bonds is 3. The van der Waals surface area contributed by atoms with Crippen LogP contribution in [-0.2, 0) is 16.2 Å². The summed E-state index contributed by atoms with van der Waals surface area (Å²) >= 11 is 0. The molecule has 1 aliphatic rings. The van der Waals surface area contributed by atoms with E-state index in [0.29, 0.717) is 6.42 Å². The van der Waals surface area contributed by atoms with Crippen molar-refractivity contribution in [3.8, 4) is 0 Å². The van der Waals surface area contributed by atoms with E-state index < -0.39 is 21.8 Å². The van der Waals surface area contributed by atoms with Crippen molar-refractivity contribution in [2.24, 2.45) is 0 Å². The molecule has 2 N–H and O–H groups in total. The van der Waals surface area contributed by atoms with E-state index in [2.05, 4.69) is 10.0 Å². The Morgan fingerprint density at radius 2 is 1.86 bits per heavy atom. The van der Waals surface area contributed by atoms with Crippen LogP contribution in [-0.4, -0.2) is 27.0 Å². The molecule has 8 heteroatoms.